The number of anilines is 1. The number of carbonyl (C=O) groups excluding carboxylic acids is 1. The fourth-order valence-corrected chi connectivity index (χ4v) is 6.00. The van der Waals surface area contributed by atoms with Gasteiger partial charge >= 0.3 is 5.69 Å². The molecule has 1 aliphatic heterocycles. The van der Waals surface area contributed by atoms with Gasteiger partial charge in [0.1, 0.15) is 6.33 Å². The van der Waals surface area contributed by atoms with E-state index in [4.69, 9.17) is 0 Å². The molecule has 1 fully saturated rings. The number of piperidine rings is 1. The molecule has 1 N–H and O–H groups in total. The van der Waals surface area contributed by atoms with Gasteiger partial charge in [-0.05, 0) is 59.7 Å². The van der Waals surface area contributed by atoms with Gasteiger partial charge in [0, 0.05) is 25.3 Å². The van der Waals surface area contributed by atoms with Gasteiger partial charge < -0.3 is 10.2 Å². The summed E-state index contributed by atoms with van der Waals surface area (Å²) in [6.45, 7) is 2.67. The van der Waals surface area contributed by atoms with E-state index >= 15 is 0 Å². The average molecular weight is 584 g/mol. The van der Waals surface area contributed by atoms with Crippen LogP contribution < -0.4 is 15.9 Å². The van der Waals surface area contributed by atoms with Gasteiger partial charge in [0.15, 0.2) is 0 Å². The number of carbonyl (C=O) groups is 1. The summed E-state index contributed by atoms with van der Waals surface area (Å²) < 4.78 is 3.03. The molecule has 7 nitrogen and oxygen atoms in total. The van der Waals surface area contributed by atoms with Crippen molar-refractivity contribution < 1.29 is 4.79 Å². The van der Waals surface area contributed by atoms with Crippen LogP contribution in [-0.2, 0) is 17.9 Å². The van der Waals surface area contributed by atoms with E-state index in [2.05, 4.69) is 39.6 Å². The summed E-state index contributed by atoms with van der Waals surface area (Å²) >= 11 is 0. The molecule has 7 heteroatoms. The van der Waals surface area contributed by atoms with E-state index in [1.807, 2.05) is 103 Å². The van der Waals surface area contributed by atoms with E-state index in [9.17, 15) is 9.59 Å². The molecule has 222 valence electrons. The summed E-state index contributed by atoms with van der Waals surface area (Å²) in [5.74, 6) is 0.156. The standard InChI is InChI=1S/C37H37N5O2/c43-36(38-27-30-13-6-2-7-14-30)35(31-16-8-3-9-17-31)32-22-25-40(26-23-32)33-18-20-34(21-19-33)41-28-39-42(37(41)44)24-10-15-29-11-4-1-5-12-29/h1-21,28,32,35H,22-27H2,(H,38,43). The topological polar surface area (TPSA) is 72.2 Å². The van der Waals surface area contributed by atoms with Gasteiger partial charge in [0.05, 0.1) is 18.2 Å². The minimum Gasteiger partial charge on any atom is -0.372 e. The van der Waals surface area contributed by atoms with Crippen LogP contribution in [0.25, 0.3) is 11.8 Å². The molecule has 2 heterocycles. The van der Waals surface area contributed by atoms with Gasteiger partial charge in [-0.15, -0.1) is 0 Å². The quantitative estimate of drug-likeness (QED) is 0.217. The van der Waals surface area contributed by atoms with E-state index in [1.54, 1.807) is 10.9 Å². The summed E-state index contributed by atoms with van der Waals surface area (Å²) in [5.41, 5.74) is 4.98. The Hall–Kier alpha value is -5.17. The molecule has 44 heavy (non-hydrogen) atoms. The van der Waals surface area contributed by atoms with Crippen LogP contribution >= 0.6 is 0 Å². The third-order valence-corrected chi connectivity index (χ3v) is 8.38. The molecule has 5 aromatic rings. The molecule has 4 aromatic carbocycles. The third kappa shape index (κ3) is 6.89. The summed E-state index contributed by atoms with van der Waals surface area (Å²) in [5, 5.41) is 7.50. The number of nitrogens with zero attached hydrogens (tertiary/aromatic N) is 4. The number of hydrogen-bond acceptors (Lipinski definition) is 4. The first-order valence-corrected chi connectivity index (χ1v) is 15.2. The lowest BCUT2D eigenvalue weighted by atomic mass is 9.79. The predicted molar refractivity (Wildman–Crippen MR) is 176 cm³/mol. The molecule has 0 bridgehead atoms. The first-order valence-electron chi connectivity index (χ1n) is 15.2. The summed E-state index contributed by atoms with van der Waals surface area (Å²) in [6.07, 6.45) is 7.34. The second-order valence-corrected chi connectivity index (χ2v) is 11.2. The summed E-state index contributed by atoms with van der Waals surface area (Å²) in [6, 6.07) is 38.3. The first kappa shape index (κ1) is 28.9. The van der Waals surface area contributed by atoms with Crippen molar-refractivity contribution in [3.8, 4) is 5.69 Å². The molecular weight excluding hydrogens is 546 g/mol. The van der Waals surface area contributed by atoms with Crippen LogP contribution in [0.4, 0.5) is 5.69 Å². The molecule has 1 amide bonds. The van der Waals surface area contributed by atoms with E-state index in [0.717, 1.165) is 54.0 Å². The Labute approximate surface area is 258 Å². The van der Waals surface area contributed by atoms with Gasteiger partial charge in [-0.2, -0.15) is 5.10 Å². The van der Waals surface area contributed by atoms with Crippen LogP contribution in [0.5, 0.6) is 0 Å². The van der Waals surface area contributed by atoms with Crippen LogP contribution in [0, 0.1) is 5.92 Å². The fraction of sp³-hybridized carbons (Fsp3) is 0.216. The molecule has 1 aromatic heterocycles. The van der Waals surface area contributed by atoms with E-state index in [0.29, 0.717) is 13.1 Å². The maximum Gasteiger partial charge on any atom is 0.350 e. The van der Waals surface area contributed by atoms with Crippen LogP contribution in [0.15, 0.2) is 132 Å². The van der Waals surface area contributed by atoms with Crippen molar-refractivity contribution in [3.63, 3.8) is 0 Å². The number of benzene rings is 4. The Kier molecular flexibility index (Phi) is 9.12. The highest BCUT2D eigenvalue weighted by Crippen LogP contribution is 2.34. The normalized spacial score (nSPS) is 14.5. The summed E-state index contributed by atoms with van der Waals surface area (Å²) in [4.78, 5) is 28.9. The highest BCUT2D eigenvalue weighted by Gasteiger charge is 2.32. The second kappa shape index (κ2) is 13.9. The Morgan fingerprint density at radius 3 is 2.11 bits per heavy atom. The number of nitrogens with one attached hydrogen (secondary N) is 1. The van der Waals surface area contributed by atoms with Crippen LogP contribution in [0.1, 0.15) is 35.4 Å². The number of amides is 1. The first-order chi connectivity index (χ1) is 21.7. The van der Waals surface area contributed by atoms with Gasteiger partial charge in [0.2, 0.25) is 5.91 Å². The average Bonchev–Trinajstić information content (AvgIpc) is 3.45. The highest BCUT2D eigenvalue weighted by atomic mass is 16.2. The van der Waals surface area contributed by atoms with Gasteiger partial charge in [0.25, 0.3) is 0 Å². The van der Waals surface area contributed by atoms with Gasteiger partial charge in [-0.1, -0.05) is 103 Å². The predicted octanol–water partition coefficient (Wildman–Crippen LogP) is 6.06. The second-order valence-electron chi connectivity index (χ2n) is 11.2. The monoisotopic (exact) mass is 583 g/mol. The van der Waals surface area contributed by atoms with Crippen molar-refractivity contribution in [3.05, 3.63) is 155 Å². The lowest BCUT2D eigenvalue weighted by Gasteiger charge is -2.37. The maximum absolute atomic E-state index is 13.5. The van der Waals surface area contributed by atoms with Gasteiger partial charge in [-0.3, -0.25) is 4.79 Å². The number of rotatable bonds is 10. The van der Waals surface area contributed by atoms with Crippen molar-refractivity contribution in [2.45, 2.75) is 31.8 Å². The van der Waals surface area contributed by atoms with Crippen molar-refractivity contribution >= 4 is 17.7 Å². The van der Waals surface area contributed by atoms with Crippen molar-refractivity contribution in [1.29, 1.82) is 0 Å². The molecule has 0 aliphatic carbocycles. The Morgan fingerprint density at radius 2 is 1.43 bits per heavy atom. The summed E-state index contributed by atoms with van der Waals surface area (Å²) in [7, 11) is 0. The van der Waals surface area contributed by atoms with Crippen LogP contribution in [0.2, 0.25) is 0 Å². The van der Waals surface area contributed by atoms with E-state index in [1.165, 1.54) is 4.68 Å². The SMILES string of the molecule is O=C(NCc1ccccc1)C(c1ccccc1)C1CCN(c2ccc(-n3cnn(CC=Cc4ccccc4)c3=O)cc2)CC1. The molecule has 0 radical (unpaired) electrons. The molecule has 0 spiro atoms. The highest BCUT2D eigenvalue weighted by molar-refractivity contribution is 5.84. The smallest absolute Gasteiger partial charge is 0.350 e. The lowest BCUT2D eigenvalue weighted by Crippen LogP contribution is -2.40. The third-order valence-electron chi connectivity index (χ3n) is 8.38. The Morgan fingerprint density at radius 1 is 0.818 bits per heavy atom. The zero-order valence-electron chi connectivity index (χ0n) is 24.7. The van der Waals surface area contributed by atoms with Crippen LogP contribution in [0.3, 0.4) is 0 Å². The van der Waals surface area contributed by atoms with E-state index in [-0.39, 0.29) is 23.4 Å². The zero-order chi connectivity index (χ0) is 30.1. The largest absolute Gasteiger partial charge is 0.372 e. The molecular formula is C37H37N5O2. The fourth-order valence-electron chi connectivity index (χ4n) is 6.00. The Balaban J connectivity index is 1.08. The molecule has 1 aliphatic rings. The zero-order valence-corrected chi connectivity index (χ0v) is 24.7. The lowest BCUT2D eigenvalue weighted by molar-refractivity contribution is -0.124. The Bertz CT molecular complexity index is 1720. The number of allylic oxidation sites excluding steroid dienone is 1. The minimum atomic E-state index is -0.185. The van der Waals surface area contributed by atoms with Crippen molar-refractivity contribution in [1.82, 2.24) is 19.7 Å². The molecule has 1 saturated heterocycles. The number of hydrogen-bond donors (Lipinski definition) is 1. The maximum atomic E-state index is 13.5. The number of aromatic nitrogens is 3. The van der Waals surface area contributed by atoms with Crippen molar-refractivity contribution in [2.24, 2.45) is 5.92 Å². The molecule has 6 rings (SSSR count). The van der Waals surface area contributed by atoms with Crippen molar-refractivity contribution in [2.75, 3.05) is 18.0 Å². The minimum absolute atomic E-state index is 0.0874. The van der Waals surface area contributed by atoms with Crippen LogP contribution in [-0.4, -0.2) is 33.3 Å². The molecule has 1 unspecified atom stereocenters. The van der Waals surface area contributed by atoms with E-state index < -0.39 is 0 Å². The molecule has 1 atom stereocenters. The molecule has 0 saturated carbocycles. The van der Waals surface area contributed by atoms with Gasteiger partial charge in [-0.25, -0.2) is 14.0 Å².